The molecular formula is C62H119NO4. The van der Waals surface area contributed by atoms with Crippen LogP contribution < -0.4 is 5.32 Å². The average molecular weight is 943 g/mol. The van der Waals surface area contributed by atoms with Gasteiger partial charge in [0.05, 0.1) is 31.3 Å². The molecule has 396 valence electrons. The van der Waals surface area contributed by atoms with Crippen molar-refractivity contribution in [3.63, 3.8) is 0 Å². The van der Waals surface area contributed by atoms with Gasteiger partial charge in [-0.25, -0.2) is 0 Å². The molecule has 0 fully saturated rings. The average Bonchev–Trinajstić information content (AvgIpc) is 3.32. The molecule has 5 nitrogen and oxygen atoms in total. The normalized spacial score (nSPS) is 13.4. The summed E-state index contributed by atoms with van der Waals surface area (Å²) in [6.07, 6.45) is 75.0. The molecule has 0 aliphatic heterocycles. The third-order valence-electron chi connectivity index (χ3n) is 14.2. The summed E-state index contributed by atoms with van der Waals surface area (Å²) in [5.74, 6) is -0.323. The van der Waals surface area contributed by atoms with Crippen molar-refractivity contribution in [3.05, 3.63) is 36.5 Å². The molecule has 5 heteroatoms. The molecule has 0 heterocycles. The van der Waals surface area contributed by atoms with Crippen LogP contribution in [0.2, 0.25) is 0 Å². The molecule has 0 saturated heterocycles. The topological polar surface area (TPSA) is 89.8 Å². The van der Waals surface area contributed by atoms with Gasteiger partial charge in [-0.2, -0.15) is 0 Å². The molecular weight excluding hydrogens is 823 g/mol. The summed E-state index contributed by atoms with van der Waals surface area (Å²) in [6, 6.07) is -0.767. The van der Waals surface area contributed by atoms with Gasteiger partial charge in [-0.3, -0.25) is 4.79 Å². The Balaban J connectivity index is 3.57. The van der Waals surface area contributed by atoms with Crippen molar-refractivity contribution in [3.8, 4) is 0 Å². The second-order valence-corrected chi connectivity index (χ2v) is 21.0. The van der Waals surface area contributed by atoms with Crippen molar-refractivity contribution in [1.29, 1.82) is 0 Å². The first-order chi connectivity index (χ1) is 33.0. The molecule has 0 aromatic rings. The lowest BCUT2D eigenvalue weighted by Gasteiger charge is -2.21. The molecule has 0 aromatic carbocycles. The van der Waals surface area contributed by atoms with Gasteiger partial charge in [0, 0.05) is 0 Å². The van der Waals surface area contributed by atoms with Crippen LogP contribution in [0.4, 0.5) is 0 Å². The van der Waals surface area contributed by atoms with Gasteiger partial charge in [0.25, 0.3) is 0 Å². The van der Waals surface area contributed by atoms with Crippen LogP contribution in [-0.4, -0.2) is 46.1 Å². The largest absolute Gasteiger partial charge is 0.394 e. The number of hydrogen-bond acceptors (Lipinski definition) is 4. The van der Waals surface area contributed by atoms with Crippen LogP contribution in [0.5, 0.6) is 0 Å². The summed E-state index contributed by atoms with van der Waals surface area (Å²) < 4.78 is 0. The third kappa shape index (κ3) is 53.8. The number of allylic oxidation sites excluding steroid dienone is 5. The molecule has 0 aliphatic carbocycles. The quantitative estimate of drug-likeness (QED) is 0.0361. The Morgan fingerprint density at radius 1 is 0.373 bits per heavy atom. The van der Waals surface area contributed by atoms with E-state index in [1.807, 2.05) is 6.08 Å². The second kappa shape index (κ2) is 57.2. The first kappa shape index (κ1) is 65.6. The van der Waals surface area contributed by atoms with Crippen molar-refractivity contribution in [2.24, 2.45) is 0 Å². The second-order valence-electron chi connectivity index (χ2n) is 21.0. The summed E-state index contributed by atoms with van der Waals surface area (Å²) >= 11 is 0. The van der Waals surface area contributed by atoms with Gasteiger partial charge in [0.15, 0.2) is 0 Å². The van der Waals surface area contributed by atoms with Crippen LogP contribution in [0, 0.1) is 0 Å². The van der Waals surface area contributed by atoms with E-state index in [-0.39, 0.29) is 18.9 Å². The SMILES string of the molecule is CCCCCCCCCCCCCCCC/C=C/CC/C=C/CC/C=C/C(O)C(CO)NC(=O)CC(O)CCCCCCCCCCCCCCCCCCCCCCCCCCCCCC. The van der Waals surface area contributed by atoms with E-state index in [4.69, 9.17) is 0 Å². The molecule has 0 saturated carbocycles. The summed E-state index contributed by atoms with van der Waals surface area (Å²) in [6.45, 7) is 4.24. The minimum absolute atomic E-state index is 0.00585. The minimum atomic E-state index is -0.960. The number of amides is 1. The van der Waals surface area contributed by atoms with Crippen molar-refractivity contribution in [1.82, 2.24) is 5.32 Å². The molecule has 0 radical (unpaired) electrons. The van der Waals surface area contributed by atoms with E-state index < -0.39 is 18.2 Å². The lowest BCUT2D eigenvalue weighted by Crippen LogP contribution is -2.45. The molecule has 0 spiro atoms. The predicted octanol–water partition coefficient (Wildman–Crippen LogP) is 19.0. The summed E-state index contributed by atoms with van der Waals surface area (Å²) in [5, 5.41) is 33.5. The Hall–Kier alpha value is -1.43. The van der Waals surface area contributed by atoms with E-state index >= 15 is 0 Å². The van der Waals surface area contributed by atoms with E-state index in [2.05, 4.69) is 43.5 Å². The third-order valence-corrected chi connectivity index (χ3v) is 14.2. The standard InChI is InChI=1S/C62H119NO4/c1-3-5-7-9-11-13-15-17-19-21-23-25-27-29-30-31-32-33-35-37-39-41-43-45-47-49-51-53-55-59(65)57-62(67)63-60(58-64)61(66)56-54-52-50-48-46-44-42-40-38-36-34-28-26-24-22-20-18-16-14-12-10-8-6-4-2/h38,40,46,48,54,56,59-61,64-66H,3-37,39,41-45,47,49-53,55,57-58H2,1-2H3,(H,63,67)/b40-38+,48-46+,56-54+. The van der Waals surface area contributed by atoms with E-state index in [0.717, 1.165) is 38.5 Å². The zero-order chi connectivity index (χ0) is 48.6. The Morgan fingerprint density at radius 3 is 0.955 bits per heavy atom. The monoisotopic (exact) mass is 942 g/mol. The van der Waals surface area contributed by atoms with Crippen LogP contribution in [0.25, 0.3) is 0 Å². The van der Waals surface area contributed by atoms with Gasteiger partial charge in [-0.1, -0.05) is 314 Å². The maximum atomic E-state index is 12.5. The fourth-order valence-electron chi connectivity index (χ4n) is 9.55. The summed E-state index contributed by atoms with van der Waals surface area (Å²) in [4.78, 5) is 12.5. The predicted molar refractivity (Wildman–Crippen MR) is 296 cm³/mol. The Labute approximate surface area is 419 Å². The van der Waals surface area contributed by atoms with E-state index in [9.17, 15) is 20.1 Å². The number of aliphatic hydroxyl groups is 3. The number of hydrogen-bond donors (Lipinski definition) is 4. The van der Waals surface area contributed by atoms with Crippen molar-refractivity contribution in [2.45, 2.75) is 347 Å². The fourth-order valence-corrected chi connectivity index (χ4v) is 9.55. The summed E-state index contributed by atoms with van der Waals surface area (Å²) in [5.41, 5.74) is 0. The smallest absolute Gasteiger partial charge is 0.222 e. The molecule has 4 N–H and O–H groups in total. The lowest BCUT2D eigenvalue weighted by atomic mass is 10.0. The van der Waals surface area contributed by atoms with Gasteiger partial charge >= 0.3 is 0 Å². The van der Waals surface area contributed by atoms with Gasteiger partial charge in [0.1, 0.15) is 0 Å². The van der Waals surface area contributed by atoms with Gasteiger partial charge in [0.2, 0.25) is 5.91 Å². The molecule has 67 heavy (non-hydrogen) atoms. The van der Waals surface area contributed by atoms with Gasteiger partial charge < -0.3 is 20.6 Å². The van der Waals surface area contributed by atoms with E-state index in [0.29, 0.717) is 6.42 Å². The number of carbonyl (C=O) groups is 1. The highest BCUT2D eigenvalue weighted by Crippen LogP contribution is 2.18. The number of nitrogens with one attached hydrogen (secondary N) is 1. The van der Waals surface area contributed by atoms with E-state index in [1.165, 1.54) is 263 Å². The Kier molecular flexibility index (Phi) is 55.9. The van der Waals surface area contributed by atoms with Crippen LogP contribution >= 0.6 is 0 Å². The van der Waals surface area contributed by atoms with Gasteiger partial charge in [-0.15, -0.1) is 0 Å². The van der Waals surface area contributed by atoms with Crippen molar-refractivity contribution < 1.29 is 20.1 Å². The van der Waals surface area contributed by atoms with Crippen LogP contribution in [-0.2, 0) is 4.79 Å². The molecule has 0 rings (SSSR count). The van der Waals surface area contributed by atoms with Crippen molar-refractivity contribution >= 4 is 5.91 Å². The van der Waals surface area contributed by atoms with Crippen molar-refractivity contribution in [2.75, 3.05) is 6.61 Å². The van der Waals surface area contributed by atoms with E-state index in [1.54, 1.807) is 6.08 Å². The molecule has 3 atom stereocenters. The van der Waals surface area contributed by atoms with Crippen LogP contribution in [0.1, 0.15) is 328 Å². The van der Waals surface area contributed by atoms with Crippen LogP contribution in [0.15, 0.2) is 36.5 Å². The highest BCUT2D eigenvalue weighted by atomic mass is 16.3. The Bertz CT molecular complexity index is 1040. The molecule has 0 aliphatic rings. The van der Waals surface area contributed by atoms with Gasteiger partial charge in [-0.05, 0) is 44.9 Å². The zero-order valence-corrected chi connectivity index (χ0v) is 45.3. The first-order valence-electron chi connectivity index (χ1n) is 30.3. The number of unbranched alkanes of at least 4 members (excludes halogenated alkanes) is 43. The molecule has 0 aromatic heterocycles. The first-order valence-corrected chi connectivity index (χ1v) is 30.3. The zero-order valence-electron chi connectivity index (χ0n) is 45.3. The highest BCUT2D eigenvalue weighted by molar-refractivity contribution is 5.76. The summed E-state index contributed by atoms with van der Waals surface area (Å²) in [7, 11) is 0. The maximum absolute atomic E-state index is 12.5. The number of aliphatic hydroxyl groups excluding tert-OH is 3. The lowest BCUT2D eigenvalue weighted by molar-refractivity contribution is -0.124. The van der Waals surface area contributed by atoms with Crippen LogP contribution in [0.3, 0.4) is 0 Å². The minimum Gasteiger partial charge on any atom is -0.394 e. The number of rotatable bonds is 56. The Morgan fingerprint density at radius 2 is 0.642 bits per heavy atom. The number of carbonyl (C=O) groups excluding carboxylic acids is 1. The highest BCUT2D eigenvalue weighted by Gasteiger charge is 2.20. The molecule has 1 amide bonds. The molecule has 3 unspecified atom stereocenters. The molecule has 0 bridgehead atoms. The fraction of sp³-hybridized carbons (Fsp3) is 0.887. The maximum Gasteiger partial charge on any atom is 0.222 e.